The van der Waals surface area contributed by atoms with Crippen LogP contribution in [0, 0.1) is 11.3 Å². The van der Waals surface area contributed by atoms with Crippen molar-refractivity contribution in [2.24, 2.45) is 0 Å². The number of aromatic nitrogens is 1. The van der Waals surface area contributed by atoms with Crippen molar-refractivity contribution in [2.45, 2.75) is 0 Å². The summed E-state index contributed by atoms with van der Waals surface area (Å²) in [6.07, 6.45) is 1.37. The first kappa shape index (κ1) is 16.3. The first-order chi connectivity index (χ1) is 11.0. The second-order valence-corrected chi connectivity index (χ2v) is 4.78. The number of anilines is 1. The van der Waals surface area contributed by atoms with Crippen molar-refractivity contribution in [3.05, 3.63) is 63.0 Å². The van der Waals surface area contributed by atoms with Crippen LogP contribution in [0.25, 0.3) is 0 Å². The number of benzene rings is 1. The van der Waals surface area contributed by atoms with E-state index in [1.165, 1.54) is 36.5 Å². The summed E-state index contributed by atoms with van der Waals surface area (Å²) in [4.78, 5) is 37.2. The third kappa shape index (κ3) is 4.18. The highest BCUT2D eigenvalue weighted by Gasteiger charge is 2.14. The number of nitriles is 1. The summed E-state index contributed by atoms with van der Waals surface area (Å²) in [5.74, 6) is -1.59. The van der Waals surface area contributed by atoms with Gasteiger partial charge in [-0.25, -0.2) is 4.79 Å². The van der Waals surface area contributed by atoms with Crippen LogP contribution in [0.3, 0.4) is 0 Å². The maximum atomic E-state index is 11.8. The molecule has 2 aromatic rings. The van der Waals surface area contributed by atoms with Crippen LogP contribution in [0.4, 0.5) is 5.69 Å². The third-order valence-electron chi connectivity index (χ3n) is 2.75. The maximum absolute atomic E-state index is 11.8. The van der Waals surface area contributed by atoms with Crippen LogP contribution in [-0.4, -0.2) is 23.5 Å². The zero-order chi connectivity index (χ0) is 16.8. The van der Waals surface area contributed by atoms with E-state index in [2.05, 4.69) is 10.3 Å². The number of amides is 1. The van der Waals surface area contributed by atoms with Crippen molar-refractivity contribution in [3.8, 4) is 6.07 Å². The average Bonchev–Trinajstić information content (AvgIpc) is 2.53. The first-order valence-corrected chi connectivity index (χ1v) is 6.73. The minimum atomic E-state index is -0.923. The molecule has 0 bridgehead atoms. The lowest BCUT2D eigenvalue weighted by molar-refractivity contribution is -0.119. The highest BCUT2D eigenvalue weighted by atomic mass is 35.5. The smallest absolute Gasteiger partial charge is 0.344 e. The minimum Gasteiger partial charge on any atom is -0.452 e. The summed E-state index contributed by atoms with van der Waals surface area (Å²) in [5.41, 5.74) is -0.396. The summed E-state index contributed by atoms with van der Waals surface area (Å²) in [7, 11) is 0. The van der Waals surface area contributed by atoms with Crippen LogP contribution in [0.15, 0.2) is 41.3 Å². The molecule has 0 radical (unpaired) electrons. The molecule has 8 heteroatoms. The molecule has 0 saturated carbocycles. The molecule has 0 unspecified atom stereocenters. The highest BCUT2D eigenvalue weighted by molar-refractivity contribution is 6.31. The predicted octanol–water partition coefficient (Wildman–Crippen LogP) is 1.70. The van der Waals surface area contributed by atoms with Gasteiger partial charge in [-0.2, -0.15) is 5.26 Å². The van der Waals surface area contributed by atoms with Gasteiger partial charge < -0.3 is 15.0 Å². The van der Waals surface area contributed by atoms with Gasteiger partial charge in [0.2, 0.25) is 0 Å². The number of nitrogens with one attached hydrogen (secondary N) is 2. The van der Waals surface area contributed by atoms with E-state index in [9.17, 15) is 14.4 Å². The molecule has 1 aromatic heterocycles. The monoisotopic (exact) mass is 331 g/mol. The molecule has 2 N–H and O–H groups in total. The van der Waals surface area contributed by atoms with Gasteiger partial charge in [0.25, 0.3) is 11.5 Å². The van der Waals surface area contributed by atoms with E-state index in [1.807, 2.05) is 6.07 Å². The SMILES string of the molecule is N#Cc1ccc(Cl)cc1NC(=O)COC(=O)c1ccc[nH]c1=O. The number of pyridine rings is 1. The molecule has 23 heavy (non-hydrogen) atoms. The van der Waals surface area contributed by atoms with Gasteiger partial charge in [0.1, 0.15) is 11.6 Å². The minimum absolute atomic E-state index is 0.207. The van der Waals surface area contributed by atoms with Crippen molar-refractivity contribution >= 4 is 29.2 Å². The fourth-order valence-electron chi connectivity index (χ4n) is 1.69. The Morgan fingerprint density at radius 1 is 1.35 bits per heavy atom. The number of hydrogen-bond acceptors (Lipinski definition) is 5. The molecule has 7 nitrogen and oxygen atoms in total. The largest absolute Gasteiger partial charge is 0.452 e. The Labute approximate surface area is 135 Å². The molecular weight excluding hydrogens is 322 g/mol. The number of esters is 1. The van der Waals surface area contributed by atoms with Gasteiger partial charge in [0.05, 0.1) is 11.3 Å². The second-order valence-electron chi connectivity index (χ2n) is 4.34. The molecule has 0 atom stereocenters. The van der Waals surface area contributed by atoms with E-state index in [4.69, 9.17) is 21.6 Å². The third-order valence-corrected chi connectivity index (χ3v) is 2.98. The van der Waals surface area contributed by atoms with E-state index >= 15 is 0 Å². The molecule has 2 rings (SSSR count). The Kier molecular flexibility index (Phi) is 5.12. The Bertz CT molecular complexity index is 854. The van der Waals surface area contributed by atoms with Gasteiger partial charge in [-0.05, 0) is 30.3 Å². The van der Waals surface area contributed by atoms with Gasteiger partial charge in [0, 0.05) is 11.2 Å². The fourth-order valence-corrected chi connectivity index (χ4v) is 1.87. The van der Waals surface area contributed by atoms with Gasteiger partial charge in [-0.1, -0.05) is 11.6 Å². The standard InChI is InChI=1S/C15H10ClN3O4/c16-10-4-3-9(7-17)12(6-10)19-13(20)8-23-15(22)11-2-1-5-18-14(11)21/h1-6H,8H2,(H,18,21)(H,19,20). The molecule has 1 aromatic carbocycles. The van der Waals surface area contributed by atoms with Crippen LogP contribution >= 0.6 is 11.6 Å². The predicted molar refractivity (Wildman–Crippen MR) is 82.1 cm³/mol. The molecule has 0 aliphatic heterocycles. The summed E-state index contributed by atoms with van der Waals surface area (Å²) < 4.78 is 4.76. The summed E-state index contributed by atoms with van der Waals surface area (Å²) >= 11 is 5.80. The lowest BCUT2D eigenvalue weighted by atomic mass is 10.2. The molecule has 0 saturated heterocycles. The van der Waals surface area contributed by atoms with Crippen LogP contribution < -0.4 is 10.9 Å². The maximum Gasteiger partial charge on any atom is 0.344 e. The summed E-state index contributed by atoms with van der Waals surface area (Å²) in [5, 5.41) is 11.7. The van der Waals surface area contributed by atoms with Crippen molar-refractivity contribution < 1.29 is 14.3 Å². The van der Waals surface area contributed by atoms with Gasteiger partial charge in [0.15, 0.2) is 6.61 Å². The number of aromatic amines is 1. The quantitative estimate of drug-likeness (QED) is 0.828. The zero-order valence-electron chi connectivity index (χ0n) is 11.6. The van der Waals surface area contributed by atoms with Crippen LogP contribution in [0.1, 0.15) is 15.9 Å². The zero-order valence-corrected chi connectivity index (χ0v) is 12.4. The Morgan fingerprint density at radius 2 is 2.13 bits per heavy atom. The molecule has 0 fully saturated rings. The molecule has 0 aliphatic carbocycles. The first-order valence-electron chi connectivity index (χ1n) is 6.35. The van der Waals surface area contributed by atoms with Crippen molar-refractivity contribution in [1.82, 2.24) is 4.98 Å². The number of rotatable bonds is 4. The molecule has 0 aliphatic rings. The Balaban J connectivity index is 2.00. The number of H-pyrrole nitrogens is 1. The van der Waals surface area contributed by atoms with Crippen LogP contribution in [0.5, 0.6) is 0 Å². The number of ether oxygens (including phenoxy) is 1. The van der Waals surface area contributed by atoms with Crippen molar-refractivity contribution in [2.75, 3.05) is 11.9 Å². The van der Waals surface area contributed by atoms with Crippen LogP contribution in [0.2, 0.25) is 5.02 Å². The van der Waals surface area contributed by atoms with E-state index in [-0.39, 0.29) is 16.8 Å². The number of halogens is 1. The van der Waals surface area contributed by atoms with Gasteiger partial charge >= 0.3 is 5.97 Å². The lowest BCUT2D eigenvalue weighted by Gasteiger charge is -2.08. The number of hydrogen-bond donors (Lipinski definition) is 2. The number of carbonyl (C=O) groups is 2. The van der Waals surface area contributed by atoms with E-state index in [1.54, 1.807) is 0 Å². The van der Waals surface area contributed by atoms with E-state index < -0.39 is 24.0 Å². The van der Waals surface area contributed by atoms with Gasteiger partial charge in [-0.3, -0.25) is 9.59 Å². The van der Waals surface area contributed by atoms with Crippen LogP contribution in [-0.2, 0) is 9.53 Å². The second kappa shape index (κ2) is 7.24. The highest BCUT2D eigenvalue weighted by Crippen LogP contribution is 2.20. The normalized spacial score (nSPS) is 9.74. The molecule has 116 valence electrons. The topological polar surface area (TPSA) is 112 Å². The molecule has 0 spiro atoms. The number of nitrogens with zero attached hydrogens (tertiary/aromatic N) is 1. The molecule has 1 amide bonds. The Hall–Kier alpha value is -3.11. The van der Waals surface area contributed by atoms with Crippen molar-refractivity contribution in [3.63, 3.8) is 0 Å². The number of carbonyl (C=O) groups excluding carboxylic acids is 2. The summed E-state index contributed by atoms with van der Waals surface area (Å²) in [6.45, 7) is -0.607. The van der Waals surface area contributed by atoms with E-state index in [0.717, 1.165) is 0 Å². The molecule has 1 heterocycles. The average molecular weight is 332 g/mol. The lowest BCUT2D eigenvalue weighted by Crippen LogP contribution is -2.24. The van der Waals surface area contributed by atoms with E-state index in [0.29, 0.717) is 5.02 Å². The Morgan fingerprint density at radius 3 is 2.83 bits per heavy atom. The molecular formula is C15H10ClN3O4. The van der Waals surface area contributed by atoms with Gasteiger partial charge in [-0.15, -0.1) is 0 Å². The fraction of sp³-hybridized carbons (Fsp3) is 0.0667. The van der Waals surface area contributed by atoms with Crippen molar-refractivity contribution in [1.29, 1.82) is 5.26 Å². The summed E-state index contributed by atoms with van der Waals surface area (Å²) in [6, 6.07) is 9.01.